The summed E-state index contributed by atoms with van der Waals surface area (Å²) in [6.45, 7) is 3.04. The average Bonchev–Trinajstić information content (AvgIpc) is 2.96. The fraction of sp³-hybridized carbons (Fsp3) is 0.467. The summed E-state index contributed by atoms with van der Waals surface area (Å²) in [6, 6.07) is 8.65. The average molecular weight is 289 g/mol. The van der Waals surface area contributed by atoms with Gasteiger partial charge in [0.2, 0.25) is 5.89 Å². The van der Waals surface area contributed by atoms with Crippen molar-refractivity contribution in [1.82, 2.24) is 15.5 Å². The molecule has 0 unspecified atom stereocenters. The van der Waals surface area contributed by atoms with Gasteiger partial charge in [0, 0.05) is 6.54 Å². The zero-order valence-electron chi connectivity index (χ0n) is 11.6. The number of fused-ring (bicyclic) bond motifs is 1. The second kappa shape index (κ2) is 6.41. The quantitative estimate of drug-likeness (QED) is 0.857. The van der Waals surface area contributed by atoms with Gasteiger partial charge in [0.1, 0.15) is 0 Å². The zero-order valence-corrected chi connectivity index (χ0v) is 12.4. The number of rotatable bonds is 5. The van der Waals surface area contributed by atoms with Crippen LogP contribution in [-0.4, -0.2) is 15.9 Å². The Hall–Kier alpha value is -1.33. The second-order valence-electron chi connectivity index (χ2n) is 5.01. The molecule has 1 atom stereocenters. The van der Waals surface area contributed by atoms with Crippen LogP contribution < -0.4 is 5.32 Å². The Morgan fingerprint density at radius 2 is 2.20 bits per heavy atom. The number of hydrogen-bond donors (Lipinski definition) is 1. The summed E-state index contributed by atoms with van der Waals surface area (Å²) >= 11 is 1.85. The molecule has 0 aliphatic carbocycles. The molecule has 1 aromatic carbocycles. The van der Waals surface area contributed by atoms with Gasteiger partial charge >= 0.3 is 0 Å². The number of thioether (sulfide) groups is 1. The fourth-order valence-corrected chi connectivity index (χ4v) is 3.14. The van der Waals surface area contributed by atoms with E-state index in [2.05, 4.69) is 46.6 Å². The van der Waals surface area contributed by atoms with Crippen LogP contribution in [0.1, 0.15) is 42.2 Å². The van der Waals surface area contributed by atoms with Crippen LogP contribution >= 0.6 is 11.8 Å². The van der Waals surface area contributed by atoms with Crippen molar-refractivity contribution >= 4 is 11.8 Å². The molecule has 0 amide bonds. The molecule has 0 fully saturated rings. The van der Waals surface area contributed by atoms with Gasteiger partial charge in [0.25, 0.3) is 0 Å². The van der Waals surface area contributed by atoms with Gasteiger partial charge < -0.3 is 9.84 Å². The lowest BCUT2D eigenvalue weighted by Gasteiger charge is -2.23. The number of nitrogens with zero attached hydrogens (tertiary/aromatic N) is 2. The number of nitrogens with one attached hydrogen (secondary N) is 1. The van der Waals surface area contributed by atoms with E-state index in [9.17, 15) is 0 Å². The van der Waals surface area contributed by atoms with Crippen molar-refractivity contribution in [3.05, 3.63) is 47.1 Å². The first-order valence-corrected chi connectivity index (χ1v) is 8.22. The first-order valence-electron chi connectivity index (χ1n) is 7.07. The molecule has 20 heavy (non-hydrogen) atoms. The Morgan fingerprint density at radius 3 is 3.05 bits per heavy atom. The van der Waals surface area contributed by atoms with E-state index in [1.807, 2.05) is 11.8 Å². The van der Waals surface area contributed by atoms with Crippen LogP contribution in [0.4, 0.5) is 0 Å². The smallest absolute Gasteiger partial charge is 0.244 e. The molecule has 4 nitrogen and oxygen atoms in total. The van der Waals surface area contributed by atoms with Crippen LogP contribution in [-0.2, 0) is 18.7 Å². The van der Waals surface area contributed by atoms with Gasteiger partial charge in [0.15, 0.2) is 5.82 Å². The summed E-state index contributed by atoms with van der Waals surface area (Å²) in [5.41, 5.74) is 2.73. The number of benzene rings is 1. The Morgan fingerprint density at radius 1 is 1.35 bits per heavy atom. The van der Waals surface area contributed by atoms with E-state index in [0.717, 1.165) is 30.3 Å². The molecule has 0 saturated carbocycles. The lowest BCUT2D eigenvalue weighted by molar-refractivity contribution is 0.319. The summed E-state index contributed by atoms with van der Waals surface area (Å²) < 4.78 is 5.41. The molecule has 1 aliphatic rings. The molecule has 5 heteroatoms. The van der Waals surface area contributed by atoms with Crippen molar-refractivity contribution in [1.29, 1.82) is 0 Å². The Balaban J connectivity index is 1.66. The molecule has 1 aromatic heterocycles. The number of hydrogen-bond acceptors (Lipinski definition) is 5. The summed E-state index contributed by atoms with van der Waals surface area (Å²) in [5.74, 6) is 3.49. The van der Waals surface area contributed by atoms with Crippen LogP contribution in [0.2, 0.25) is 0 Å². The molecule has 2 heterocycles. The van der Waals surface area contributed by atoms with Crippen LogP contribution in [0.3, 0.4) is 0 Å². The van der Waals surface area contributed by atoms with Gasteiger partial charge in [-0.3, -0.25) is 0 Å². The van der Waals surface area contributed by atoms with Crippen molar-refractivity contribution in [2.45, 2.75) is 38.1 Å². The van der Waals surface area contributed by atoms with Crippen molar-refractivity contribution < 1.29 is 4.52 Å². The largest absolute Gasteiger partial charge is 0.338 e. The molecular formula is C15H19N3OS. The summed E-state index contributed by atoms with van der Waals surface area (Å²) in [6.07, 6.45) is 2.09. The molecule has 3 rings (SSSR count). The standard InChI is InChI=1S/C15H19N3OS/c1-2-7-20-10-14-17-15(19-18-14)13-8-11-5-3-4-6-12(11)9-16-13/h3-6,13,16H,2,7-10H2,1H3/t13-/m0/s1. The predicted molar refractivity (Wildman–Crippen MR) is 80.5 cm³/mol. The van der Waals surface area contributed by atoms with E-state index in [4.69, 9.17) is 4.52 Å². The van der Waals surface area contributed by atoms with Crippen LogP contribution in [0, 0.1) is 0 Å². The maximum absolute atomic E-state index is 5.41. The third kappa shape index (κ3) is 3.04. The van der Waals surface area contributed by atoms with Gasteiger partial charge in [-0.15, -0.1) is 0 Å². The minimum Gasteiger partial charge on any atom is -0.338 e. The number of aromatic nitrogens is 2. The van der Waals surface area contributed by atoms with Crippen molar-refractivity contribution in [3.63, 3.8) is 0 Å². The van der Waals surface area contributed by atoms with Gasteiger partial charge in [-0.1, -0.05) is 36.3 Å². The molecule has 2 aromatic rings. The zero-order chi connectivity index (χ0) is 13.8. The molecule has 1 aliphatic heterocycles. The Bertz CT molecular complexity index is 570. The van der Waals surface area contributed by atoms with Gasteiger partial charge in [-0.05, 0) is 29.7 Å². The van der Waals surface area contributed by atoms with E-state index in [1.165, 1.54) is 17.5 Å². The van der Waals surface area contributed by atoms with Crippen LogP contribution in [0.25, 0.3) is 0 Å². The van der Waals surface area contributed by atoms with E-state index in [0.29, 0.717) is 5.89 Å². The highest BCUT2D eigenvalue weighted by atomic mass is 32.2. The van der Waals surface area contributed by atoms with Crippen molar-refractivity contribution in [3.8, 4) is 0 Å². The summed E-state index contributed by atoms with van der Waals surface area (Å²) in [4.78, 5) is 4.52. The van der Waals surface area contributed by atoms with Crippen LogP contribution in [0.5, 0.6) is 0 Å². The summed E-state index contributed by atoms with van der Waals surface area (Å²) in [5, 5.41) is 7.54. The highest BCUT2D eigenvalue weighted by Gasteiger charge is 2.23. The fourth-order valence-electron chi connectivity index (χ4n) is 2.40. The van der Waals surface area contributed by atoms with Crippen molar-refractivity contribution in [2.75, 3.05) is 5.75 Å². The van der Waals surface area contributed by atoms with E-state index in [-0.39, 0.29) is 6.04 Å². The third-order valence-corrected chi connectivity index (χ3v) is 4.60. The molecule has 1 N–H and O–H groups in total. The molecule has 0 spiro atoms. The maximum Gasteiger partial charge on any atom is 0.244 e. The first kappa shape index (κ1) is 13.6. The van der Waals surface area contributed by atoms with Gasteiger partial charge in [-0.2, -0.15) is 16.7 Å². The molecule has 0 bridgehead atoms. The van der Waals surface area contributed by atoms with Crippen molar-refractivity contribution in [2.24, 2.45) is 0 Å². The summed E-state index contributed by atoms with van der Waals surface area (Å²) in [7, 11) is 0. The minimum absolute atomic E-state index is 0.141. The Labute approximate surface area is 123 Å². The lowest BCUT2D eigenvalue weighted by atomic mass is 9.96. The Kier molecular flexibility index (Phi) is 4.38. The van der Waals surface area contributed by atoms with Crippen LogP contribution in [0.15, 0.2) is 28.8 Å². The third-order valence-electron chi connectivity index (χ3n) is 3.44. The first-order chi connectivity index (χ1) is 9.86. The van der Waals surface area contributed by atoms with E-state index < -0.39 is 0 Å². The highest BCUT2D eigenvalue weighted by Crippen LogP contribution is 2.25. The predicted octanol–water partition coefficient (Wildman–Crippen LogP) is 3.10. The maximum atomic E-state index is 5.41. The molecule has 106 valence electrons. The van der Waals surface area contributed by atoms with Gasteiger partial charge in [0.05, 0.1) is 11.8 Å². The molecule has 0 saturated heterocycles. The normalized spacial score (nSPS) is 17.9. The topological polar surface area (TPSA) is 51.0 Å². The minimum atomic E-state index is 0.141. The lowest BCUT2D eigenvalue weighted by Crippen LogP contribution is -2.28. The second-order valence-corrected chi connectivity index (χ2v) is 6.11. The monoisotopic (exact) mass is 289 g/mol. The highest BCUT2D eigenvalue weighted by molar-refractivity contribution is 7.98. The molecule has 0 radical (unpaired) electrons. The molecular weight excluding hydrogens is 270 g/mol. The van der Waals surface area contributed by atoms with Gasteiger partial charge in [-0.25, -0.2) is 0 Å². The SMILES string of the molecule is CCCSCc1noc([C@@H]2Cc3ccccc3CN2)n1. The van der Waals surface area contributed by atoms with E-state index >= 15 is 0 Å². The van der Waals surface area contributed by atoms with E-state index in [1.54, 1.807) is 0 Å².